The second-order valence-corrected chi connectivity index (χ2v) is 19.2. The minimum atomic E-state index is -3.10. The number of carbonyl (C=O) groups excluding carboxylic acids is 1. The number of methoxy groups -OCH3 is 1. The molecule has 0 aromatic heterocycles. The van der Waals surface area contributed by atoms with Crippen LogP contribution in [0.25, 0.3) is 5.76 Å². The van der Waals surface area contributed by atoms with E-state index >= 15 is 0 Å². The van der Waals surface area contributed by atoms with E-state index in [0.29, 0.717) is 5.76 Å². The molecule has 6 heteroatoms. The van der Waals surface area contributed by atoms with Crippen molar-refractivity contribution in [3.63, 3.8) is 0 Å². The molecular formula is C21H33O5Tl. The van der Waals surface area contributed by atoms with Gasteiger partial charge in [-0.3, -0.25) is 0 Å². The first-order valence-electron chi connectivity index (χ1n) is 9.18. The van der Waals surface area contributed by atoms with Crippen molar-refractivity contribution >= 4 is 35.2 Å². The zero-order valence-corrected chi connectivity index (χ0v) is 22.6. The van der Waals surface area contributed by atoms with Gasteiger partial charge in [0.15, 0.2) is 0 Å². The molecule has 0 spiro atoms. The summed E-state index contributed by atoms with van der Waals surface area (Å²) in [5.41, 5.74) is 0.319. The Kier molecular flexibility index (Phi) is 8.95. The van der Waals surface area contributed by atoms with Gasteiger partial charge in [0.25, 0.3) is 0 Å². The van der Waals surface area contributed by atoms with Gasteiger partial charge in [-0.15, -0.1) is 0 Å². The number of benzene rings is 1. The molecule has 1 aromatic carbocycles. The summed E-state index contributed by atoms with van der Waals surface area (Å²) in [7, 11) is 3.30. The first kappa shape index (κ1) is 24.1. The Labute approximate surface area is 173 Å². The Morgan fingerprint density at radius 2 is 1.59 bits per heavy atom. The molecule has 0 unspecified atom stereocenters. The van der Waals surface area contributed by atoms with Gasteiger partial charge in [-0.05, 0) is 0 Å². The number of hydrogen-bond donors (Lipinski definition) is 0. The topological polar surface area (TPSA) is 54.0 Å². The summed E-state index contributed by atoms with van der Waals surface area (Å²) < 4.78 is 22.8. The molecule has 0 aliphatic carbocycles. The third kappa shape index (κ3) is 7.54. The van der Waals surface area contributed by atoms with Crippen molar-refractivity contribution in [3.8, 4) is 5.75 Å². The molecular weight excluding hydrogens is 537 g/mol. The summed E-state index contributed by atoms with van der Waals surface area (Å²) in [5, 5.41) is 0. The molecule has 0 bridgehead atoms. The van der Waals surface area contributed by atoms with Gasteiger partial charge in [-0.2, -0.15) is 0 Å². The van der Waals surface area contributed by atoms with Crippen molar-refractivity contribution in [2.75, 3.05) is 14.2 Å². The van der Waals surface area contributed by atoms with Crippen LogP contribution in [0.3, 0.4) is 0 Å². The average Bonchev–Trinajstić information content (AvgIpc) is 2.57. The summed E-state index contributed by atoms with van der Waals surface area (Å²) in [6, 6.07) is 7.48. The number of rotatable bonds is 9. The minimum absolute atomic E-state index is 0.000436. The second-order valence-electron chi connectivity index (χ2n) is 8.31. The number of hydrogen-bond acceptors (Lipinski definition) is 5. The first-order valence-corrected chi connectivity index (χ1v) is 15.1. The van der Waals surface area contributed by atoms with Crippen LogP contribution in [0.1, 0.15) is 54.0 Å². The third-order valence-corrected chi connectivity index (χ3v) is 13.5. The van der Waals surface area contributed by atoms with E-state index in [2.05, 4.69) is 0 Å². The summed E-state index contributed by atoms with van der Waals surface area (Å²) >= 11 is -3.10. The van der Waals surface area contributed by atoms with Gasteiger partial charge in [0.1, 0.15) is 0 Å². The normalized spacial score (nSPS) is 12.9. The van der Waals surface area contributed by atoms with Gasteiger partial charge in [0.2, 0.25) is 0 Å². The molecule has 0 amide bonds. The van der Waals surface area contributed by atoms with Crippen molar-refractivity contribution in [2.45, 2.75) is 57.7 Å². The number of allylic oxidation sites excluding steroid dienone is 1. The van der Waals surface area contributed by atoms with Crippen LogP contribution in [0.4, 0.5) is 0 Å². The van der Waals surface area contributed by atoms with Crippen LogP contribution >= 0.6 is 0 Å². The van der Waals surface area contributed by atoms with E-state index in [-0.39, 0.29) is 11.9 Å². The third-order valence-electron chi connectivity index (χ3n) is 3.93. The van der Waals surface area contributed by atoms with Crippen molar-refractivity contribution in [1.29, 1.82) is 0 Å². The van der Waals surface area contributed by atoms with E-state index in [1.54, 1.807) is 20.3 Å². The Morgan fingerprint density at radius 3 is 2.00 bits per heavy atom. The molecule has 0 aliphatic rings. The number of carbonyl (C=O) groups is 1. The molecule has 1 rings (SSSR count). The van der Waals surface area contributed by atoms with Crippen molar-refractivity contribution < 1.29 is 19.6 Å². The van der Waals surface area contributed by atoms with Crippen LogP contribution in [0.2, 0.25) is 0 Å². The van der Waals surface area contributed by atoms with Gasteiger partial charge >= 0.3 is 174 Å². The van der Waals surface area contributed by atoms with E-state index in [0.717, 1.165) is 11.3 Å². The molecule has 0 radical (unpaired) electrons. The molecule has 1 aromatic rings. The van der Waals surface area contributed by atoms with Crippen LogP contribution in [0.5, 0.6) is 5.75 Å². The van der Waals surface area contributed by atoms with E-state index in [1.807, 2.05) is 72.7 Å². The number of ketones is 1. The van der Waals surface area contributed by atoms with E-state index in [1.165, 1.54) is 0 Å². The molecule has 0 saturated carbocycles. The first-order chi connectivity index (χ1) is 12.4. The fourth-order valence-electron chi connectivity index (χ4n) is 2.34. The fourth-order valence-corrected chi connectivity index (χ4v) is 9.05. The van der Waals surface area contributed by atoms with Crippen LogP contribution in [0.15, 0.2) is 30.3 Å². The number of ether oxygens (including phenoxy) is 2. The predicted octanol–water partition coefficient (Wildman–Crippen LogP) is 4.55. The van der Waals surface area contributed by atoms with E-state index in [9.17, 15) is 4.79 Å². The van der Waals surface area contributed by atoms with E-state index in [4.69, 9.17) is 14.8 Å². The summed E-state index contributed by atoms with van der Waals surface area (Å²) in [6.45, 7) is 13.6. The van der Waals surface area contributed by atoms with Crippen molar-refractivity contribution in [1.82, 2.24) is 0 Å². The average molecular weight is 570 g/mol. The molecule has 27 heavy (non-hydrogen) atoms. The Balaban J connectivity index is 3.28. The second kappa shape index (κ2) is 10.0. The SMILES string of the molecule is COc1ccc(/C(=C/C(=O)C(C)(C)C)O[C](C)(C)[Tl]([O]C)[O]C(C)C)cc1. The van der Waals surface area contributed by atoms with Crippen LogP contribution < -0.4 is 4.74 Å². The van der Waals surface area contributed by atoms with Gasteiger partial charge in [-0.1, -0.05) is 0 Å². The summed E-state index contributed by atoms with van der Waals surface area (Å²) in [6.07, 6.45) is 1.66. The Morgan fingerprint density at radius 1 is 1.04 bits per heavy atom. The molecule has 0 fully saturated rings. The Hall–Kier alpha value is -0.928. The molecule has 0 saturated heterocycles. The van der Waals surface area contributed by atoms with Crippen molar-refractivity contribution in [2.24, 2.45) is 5.41 Å². The van der Waals surface area contributed by atoms with Gasteiger partial charge < -0.3 is 0 Å². The van der Waals surface area contributed by atoms with Crippen LogP contribution in [0, 0.1) is 5.41 Å². The zero-order valence-electron chi connectivity index (χ0n) is 18.1. The zero-order chi connectivity index (χ0) is 20.8. The fraction of sp³-hybridized carbons (Fsp3) is 0.571. The summed E-state index contributed by atoms with van der Waals surface area (Å²) in [5.74, 6) is 1.27. The van der Waals surface area contributed by atoms with Gasteiger partial charge in [0.05, 0.1) is 0 Å². The molecule has 0 heterocycles. The molecule has 150 valence electrons. The summed E-state index contributed by atoms with van der Waals surface area (Å²) in [4.78, 5) is 12.6. The molecule has 0 N–H and O–H groups in total. The maximum absolute atomic E-state index is 12.6. The van der Waals surface area contributed by atoms with Crippen molar-refractivity contribution in [3.05, 3.63) is 35.9 Å². The van der Waals surface area contributed by atoms with Crippen LogP contribution in [-0.2, 0) is 14.9 Å². The van der Waals surface area contributed by atoms with Gasteiger partial charge in [0, 0.05) is 0 Å². The quantitative estimate of drug-likeness (QED) is 0.248. The van der Waals surface area contributed by atoms with Gasteiger partial charge in [-0.25, -0.2) is 0 Å². The Bertz CT molecular complexity index is 642. The van der Waals surface area contributed by atoms with Crippen LogP contribution in [-0.4, -0.2) is 52.9 Å². The molecule has 0 atom stereocenters. The molecule has 5 nitrogen and oxygen atoms in total. The standard InChI is InChI=1S/C17H23O3.C3H7O.CH3O.Tl/c1-12(2)20-15(11-16(18)17(3,4)5)13-7-9-14(19-6)10-8-13;1-3(2)4;1-2;/h7-11H,1-6H3;3H,1-2H3;1H3;/q;2*-1;+2/b15-11-;;;. The molecule has 0 aliphatic heterocycles. The monoisotopic (exact) mass is 570 g/mol. The van der Waals surface area contributed by atoms with E-state index < -0.39 is 32.2 Å². The predicted molar refractivity (Wildman–Crippen MR) is 110 cm³/mol. The maximum atomic E-state index is 12.6.